The van der Waals surface area contributed by atoms with Crippen LogP contribution in [0.4, 0.5) is 5.13 Å². The van der Waals surface area contributed by atoms with Crippen molar-refractivity contribution in [2.24, 2.45) is 0 Å². The topological polar surface area (TPSA) is 51.2 Å². The quantitative estimate of drug-likeness (QED) is 0.725. The molecule has 0 spiro atoms. The van der Waals surface area contributed by atoms with Crippen LogP contribution in [-0.2, 0) is 11.2 Å². The largest absolute Gasteiger partial charge is 0.494 e. The van der Waals surface area contributed by atoms with Crippen LogP contribution < -0.4 is 10.1 Å². The fraction of sp³-hybridized carbons (Fsp3) is 0.158. The summed E-state index contributed by atoms with van der Waals surface area (Å²) in [5, 5.41) is 5.42. The van der Waals surface area contributed by atoms with E-state index in [1.165, 1.54) is 11.3 Å². The molecule has 0 bridgehead atoms. The number of carbonyl (C=O) groups excluding carboxylic acids is 1. The second-order valence-electron chi connectivity index (χ2n) is 5.21. The van der Waals surface area contributed by atoms with Crippen molar-refractivity contribution in [1.82, 2.24) is 4.98 Å². The van der Waals surface area contributed by atoms with Crippen molar-refractivity contribution in [2.45, 2.75) is 13.3 Å². The van der Waals surface area contributed by atoms with Crippen LogP contribution >= 0.6 is 11.3 Å². The van der Waals surface area contributed by atoms with Crippen LogP contribution in [0.2, 0.25) is 0 Å². The lowest BCUT2D eigenvalue weighted by Gasteiger charge is -2.06. The Morgan fingerprint density at radius 2 is 2.00 bits per heavy atom. The van der Waals surface area contributed by atoms with E-state index >= 15 is 0 Å². The van der Waals surface area contributed by atoms with Crippen LogP contribution in [0.5, 0.6) is 5.75 Å². The minimum Gasteiger partial charge on any atom is -0.494 e. The van der Waals surface area contributed by atoms with Crippen molar-refractivity contribution in [1.29, 1.82) is 0 Å². The molecule has 0 saturated carbocycles. The number of ether oxygens (including phenoxy) is 1. The van der Waals surface area contributed by atoms with Crippen molar-refractivity contribution >= 4 is 22.4 Å². The average Bonchev–Trinajstić information content (AvgIpc) is 3.04. The average molecular weight is 338 g/mol. The van der Waals surface area contributed by atoms with Crippen molar-refractivity contribution in [3.8, 4) is 17.0 Å². The predicted molar refractivity (Wildman–Crippen MR) is 97.5 cm³/mol. The maximum absolute atomic E-state index is 12.2. The van der Waals surface area contributed by atoms with Gasteiger partial charge in [0.2, 0.25) is 5.91 Å². The Balaban J connectivity index is 1.63. The molecular weight excluding hydrogens is 320 g/mol. The van der Waals surface area contributed by atoms with E-state index in [-0.39, 0.29) is 5.91 Å². The SMILES string of the molecule is CCOc1cccc(CC(=O)Nc2nc(-c3ccccc3)cs2)c1. The summed E-state index contributed by atoms with van der Waals surface area (Å²) >= 11 is 1.43. The highest BCUT2D eigenvalue weighted by molar-refractivity contribution is 7.14. The van der Waals surface area contributed by atoms with Gasteiger partial charge in [0.05, 0.1) is 18.7 Å². The maximum atomic E-state index is 12.2. The Morgan fingerprint density at radius 1 is 1.17 bits per heavy atom. The molecule has 3 aromatic rings. The van der Waals surface area contributed by atoms with Crippen LogP contribution in [-0.4, -0.2) is 17.5 Å². The van der Waals surface area contributed by atoms with Crippen LogP contribution in [0.1, 0.15) is 12.5 Å². The molecule has 0 radical (unpaired) electrons. The van der Waals surface area contributed by atoms with Crippen molar-refractivity contribution in [3.63, 3.8) is 0 Å². The zero-order chi connectivity index (χ0) is 16.8. The third-order valence-corrected chi connectivity index (χ3v) is 4.15. The molecule has 0 atom stereocenters. The Labute approximate surface area is 145 Å². The first-order valence-electron chi connectivity index (χ1n) is 7.77. The van der Waals surface area contributed by atoms with Gasteiger partial charge in [-0.15, -0.1) is 11.3 Å². The summed E-state index contributed by atoms with van der Waals surface area (Å²) in [4.78, 5) is 16.7. The first-order valence-corrected chi connectivity index (χ1v) is 8.65. The van der Waals surface area contributed by atoms with Crippen molar-refractivity contribution < 1.29 is 9.53 Å². The lowest BCUT2D eigenvalue weighted by molar-refractivity contribution is -0.115. The number of hydrogen-bond donors (Lipinski definition) is 1. The number of nitrogens with zero attached hydrogens (tertiary/aromatic N) is 1. The van der Waals surface area contributed by atoms with Gasteiger partial charge in [-0.2, -0.15) is 0 Å². The molecule has 1 heterocycles. The van der Waals surface area contributed by atoms with E-state index < -0.39 is 0 Å². The molecule has 5 heteroatoms. The number of carbonyl (C=O) groups is 1. The highest BCUT2D eigenvalue weighted by Crippen LogP contribution is 2.24. The fourth-order valence-electron chi connectivity index (χ4n) is 2.33. The highest BCUT2D eigenvalue weighted by atomic mass is 32.1. The van der Waals surface area contributed by atoms with Gasteiger partial charge < -0.3 is 10.1 Å². The molecule has 122 valence electrons. The molecule has 3 rings (SSSR count). The van der Waals surface area contributed by atoms with Crippen LogP contribution in [0.3, 0.4) is 0 Å². The Bertz CT molecular complexity index is 815. The number of thiazole rings is 1. The van der Waals surface area contributed by atoms with Gasteiger partial charge in [0.15, 0.2) is 5.13 Å². The maximum Gasteiger partial charge on any atom is 0.230 e. The van der Waals surface area contributed by atoms with E-state index in [1.54, 1.807) is 0 Å². The Kier molecular flexibility index (Phi) is 5.23. The molecule has 1 aromatic heterocycles. The molecule has 0 aliphatic rings. The lowest BCUT2D eigenvalue weighted by atomic mass is 10.1. The first-order chi connectivity index (χ1) is 11.7. The zero-order valence-electron chi connectivity index (χ0n) is 13.4. The van der Waals surface area contributed by atoms with Crippen molar-refractivity contribution in [2.75, 3.05) is 11.9 Å². The molecule has 0 saturated heterocycles. The molecule has 0 unspecified atom stereocenters. The molecule has 24 heavy (non-hydrogen) atoms. The Hall–Kier alpha value is -2.66. The molecule has 4 nitrogen and oxygen atoms in total. The van der Waals surface area contributed by atoms with Crippen molar-refractivity contribution in [3.05, 3.63) is 65.5 Å². The van der Waals surface area contributed by atoms with Gasteiger partial charge in [0.25, 0.3) is 0 Å². The van der Waals surface area contributed by atoms with E-state index in [2.05, 4.69) is 10.3 Å². The lowest BCUT2D eigenvalue weighted by Crippen LogP contribution is -2.14. The predicted octanol–water partition coefficient (Wildman–Crippen LogP) is 4.39. The number of rotatable bonds is 6. The van der Waals surface area contributed by atoms with Crippen LogP contribution in [0.15, 0.2) is 60.0 Å². The van der Waals surface area contributed by atoms with E-state index in [0.29, 0.717) is 18.2 Å². The summed E-state index contributed by atoms with van der Waals surface area (Å²) in [6.45, 7) is 2.54. The Morgan fingerprint density at radius 3 is 2.79 bits per heavy atom. The van der Waals surface area contributed by atoms with Gasteiger partial charge in [-0.3, -0.25) is 4.79 Å². The third kappa shape index (κ3) is 4.20. The number of anilines is 1. The highest BCUT2D eigenvalue weighted by Gasteiger charge is 2.09. The standard InChI is InChI=1S/C19H18N2O2S/c1-2-23-16-10-6-7-14(11-16)12-18(22)21-19-20-17(13-24-19)15-8-4-3-5-9-15/h3-11,13H,2,12H2,1H3,(H,20,21,22). The van der Waals surface area contributed by atoms with E-state index in [4.69, 9.17) is 4.74 Å². The van der Waals surface area contributed by atoms with Gasteiger partial charge in [-0.25, -0.2) is 4.98 Å². The minimum atomic E-state index is -0.0855. The minimum absolute atomic E-state index is 0.0855. The third-order valence-electron chi connectivity index (χ3n) is 3.39. The fourth-order valence-corrected chi connectivity index (χ4v) is 3.07. The summed E-state index contributed by atoms with van der Waals surface area (Å²) in [5.41, 5.74) is 2.83. The second kappa shape index (κ2) is 7.75. The van der Waals surface area contributed by atoms with Gasteiger partial charge >= 0.3 is 0 Å². The number of benzene rings is 2. The normalized spacial score (nSPS) is 10.4. The zero-order valence-corrected chi connectivity index (χ0v) is 14.2. The van der Waals surface area contributed by atoms with Gasteiger partial charge in [-0.1, -0.05) is 42.5 Å². The number of hydrogen-bond acceptors (Lipinski definition) is 4. The first kappa shape index (κ1) is 16.2. The van der Waals surface area contributed by atoms with Crippen LogP contribution in [0.25, 0.3) is 11.3 Å². The second-order valence-corrected chi connectivity index (χ2v) is 6.07. The summed E-state index contributed by atoms with van der Waals surface area (Å²) in [6, 6.07) is 17.5. The van der Waals surface area contributed by atoms with Crippen LogP contribution in [0, 0.1) is 0 Å². The van der Waals surface area contributed by atoms with E-state index in [9.17, 15) is 4.79 Å². The molecule has 1 N–H and O–H groups in total. The summed E-state index contributed by atoms with van der Waals surface area (Å²) in [5.74, 6) is 0.695. The van der Waals surface area contributed by atoms with Gasteiger partial charge in [-0.05, 0) is 24.6 Å². The molecule has 0 aliphatic carbocycles. The molecular formula is C19H18N2O2S. The summed E-state index contributed by atoms with van der Waals surface area (Å²) in [6.07, 6.45) is 0.293. The van der Waals surface area contributed by atoms with Gasteiger partial charge in [0, 0.05) is 10.9 Å². The summed E-state index contributed by atoms with van der Waals surface area (Å²) < 4.78 is 5.46. The molecule has 1 amide bonds. The molecule has 0 aliphatic heterocycles. The number of aromatic nitrogens is 1. The number of nitrogens with one attached hydrogen (secondary N) is 1. The van der Waals surface area contributed by atoms with E-state index in [0.717, 1.165) is 22.6 Å². The summed E-state index contributed by atoms with van der Waals surface area (Å²) in [7, 11) is 0. The molecule has 2 aromatic carbocycles. The molecule has 0 fully saturated rings. The van der Waals surface area contributed by atoms with E-state index in [1.807, 2.05) is 66.9 Å². The number of amides is 1. The monoisotopic (exact) mass is 338 g/mol. The van der Waals surface area contributed by atoms with Gasteiger partial charge in [0.1, 0.15) is 5.75 Å². The smallest absolute Gasteiger partial charge is 0.230 e.